The van der Waals surface area contributed by atoms with Gasteiger partial charge in [-0.2, -0.15) is 0 Å². The maximum atomic E-state index is 11.6. The molecule has 1 heterocycles. The lowest BCUT2D eigenvalue weighted by Gasteiger charge is -2.23. The highest BCUT2D eigenvalue weighted by molar-refractivity contribution is 14.0. The number of aliphatic imine (C=N–C) groups is 1. The molecule has 1 N–H and O–H groups in total. The second-order valence-electron chi connectivity index (χ2n) is 6.88. The Morgan fingerprint density at radius 3 is 2.69 bits per heavy atom. The molecule has 0 amide bonds. The van der Waals surface area contributed by atoms with Gasteiger partial charge in [-0.3, -0.25) is 4.99 Å². The van der Waals surface area contributed by atoms with Crippen molar-refractivity contribution in [2.24, 2.45) is 10.4 Å². The number of hydrogen-bond donors (Lipinski definition) is 1. The van der Waals surface area contributed by atoms with Crippen molar-refractivity contribution in [1.29, 1.82) is 0 Å². The first-order valence-electron chi connectivity index (χ1n) is 8.25. The van der Waals surface area contributed by atoms with Crippen molar-refractivity contribution in [3.8, 4) is 0 Å². The van der Waals surface area contributed by atoms with E-state index in [1.807, 2.05) is 24.3 Å². The summed E-state index contributed by atoms with van der Waals surface area (Å²) in [5, 5.41) is 6.30. The molecule has 0 radical (unpaired) electrons. The molecule has 0 bridgehead atoms. The molecule has 1 unspecified atom stereocenters. The van der Waals surface area contributed by atoms with Crippen molar-refractivity contribution in [3.63, 3.8) is 0 Å². The van der Waals surface area contributed by atoms with Gasteiger partial charge in [-0.05, 0) is 19.8 Å². The third kappa shape index (κ3) is 6.93. The van der Waals surface area contributed by atoms with Crippen molar-refractivity contribution in [3.05, 3.63) is 16.1 Å². The van der Waals surface area contributed by atoms with Crippen LogP contribution in [-0.4, -0.2) is 64.0 Å². The van der Waals surface area contributed by atoms with E-state index in [9.17, 15) is 8.42 Å². The van der Waals surface area contributed by atoms with Crippen LogP contribution in [-0.2, 0) is 21.1 Å². The maximum Gasteiger partial charge on any atom is 0.193 e. The van der Waals surface area contributed by atoms with E-state index in [0.717, 1.165) is 29.5 Å². The Morgan fingerprint density at radius 2 is 2.19 bits per heavy atom. The zero-order valence-corrected chi connectivity index (χ0v) is 19.9. The van der Waals surface area contributed by atoms with Crippen molar-refractivity contribution in [2.75, 3.05) is 39.8 Å². The number of nitrogens with zero attached hydrogens (tertiary/aromatic N) is 3. The number of halogens is 1. The average Bonchev–Trinajstić information content (AvgIpc) is 3.11. The number of guanidine groups is 1. The third-order valence-corrected chi connectivity index (χ3v) is 6.58. The minimum atomic E-state index is -2.96. The van der Waals surface area contributed by atoms with Gasteiger partial charge >= 0.3 is 0 Å². The van der Waals surface area contributed by atoms with Crippen LogP contribution in [0.25, 0.3) is 0 Å². The van der Waals surface area contributed by atoms with Crippen LogP contribution in [0.1, 0.15) is 36.6 Å². The van der Waals surface area contributed by atoms with Gasteiger partial charge in [0.1, 0.15) is 20.9 Å². The van der Waals surface area contributed by atoms with E-state index < -0.39 is 9.84 Å². The van der Waals surface area contributed by atoms with Gasteiger partial charge in [0.25, 0.3) is 0 Å². The van der Waals surface area contributed by atoms with E-state index in [-0.39, 0.29) is 41.2 Å². The predicted octanol–water partition coefficient (Wildman–Crippen LogP) is 2.30. The van der Waals surface area contributed by atoms with E-state index in [0.29, 0.717) is 13.1 Å². The Balaban J connectivity index is 0.00000338. The van der Waals surface area contributed by atoms with Crippen LogP contribution in [0.3, 0.4) is 0 Å². The summed E-state index contributed by atoms with van der Waals surface area (Å²) in [6.07, 6.45) is 3.18. The summed E-state index contributed by atoms with van der Waals surface area (Å²) in [6.45, 7) is 3.23. The zero-order valence-electron chi connectivity index (χ0n) is 16.0. The Bertz CT molecular complexity index is 717. The number of methoxy groups -OCH3 is 1. The number of sulfone groups is 1. The van der Waals surface area contributed by atoms with Crippen molar-refractivity contribution < 1.29 is 13.2 Å². The molecule has 1 aliphatic carbocycles. The van der Waals surface area contributed by atoms with Gasteiger partial charge in [-0.15, -0.1) is 35.3 Å². The standard InChI is InChI=1S/C16H28N4O3S2.HI/c1-12(23-4)14-19-13(9-24-14)8-20(3)15(17-2)18-10-16(6-7-16)11-25(5,21)22;/h9,12H,6-8,10-11H2,1-5H3,(H,17,18);1H. The number of hydrogen-bond acceptors (Lipinski definition) is 6. The average molecular weight is 516 g/mol. The fourth-order valence-corrected chi connectivity index (χ4v) is 5.10. The van der Waals surface area contributed by atoms with Crippen molar-refractivity contribution >= 4 is 51.1 Å². The van der Waals surface area contributed by atoms with Crippen LogP contribution in [0.4, 0.5) is 0 Å². The first kappa shape index (κ1) is 23.6. The van der Waals surface area contributed by atoms with E-state index in [4.69, 9.17) is 4.74 Å². The molecule has 1 atom stereocenters. The number of rotatable bonds is 8. The second-order valence-corrected chi connectivity index (χ2v) is 9.91. The summed E-state index contributed by atoms with van der Waals surface area (Å²) in [7, 11) is 2.39. The molecule has 1 aliphatic rings. The molecule has 1 aromatic heterocycles. The molecule has 2 rings (SSSR count). The molecule has 0 aromatic carbocycles. The van der Waals surface area contributed by atoms with Gasteiger partial charge in [0, 0.05) is 44.8 Å². The van der Waals surface area contributed by atoms with Crippen LogP contribution in [0.15, 0.2) is 10.4 Å². The Kier molecular flexibility index (Phi) is 8.75. The Hall–Kier alpha value is -0.460. The van der Waals surface area contributed by atoms with Crippen LogP contribution in [0, 0.1) is 5.41 Å². The molecule has 1 aromatic rings. The lowest BCUT2D eigenvalue weighted by atomic mass is 10.1. The first-order valence-corrected chi connectivity index (χ1v) is 11.2. The van der Waals surface area contributed by atoms with E-state index in [1.165, 1.54) is 6.26 Å². The highest BCUT2D eigenvalue weighted by Gasteiger charge is 2.45. The number of ether oxygens (including phenoxy) is 1. The van der Waals surface area contributed by atoms with E-state index in [1.54, 1.807) is 25.5 Å². The van der Waals surface area contributed by atoms with Gasteiger partial charge in [0.15, 0.2) is 5.96 Å². The van der Waals surface area contributed by atoms with Crippen LogP contribution < -0.4 is 5.32 Å². The van der Waals surface area contributed by atoms with Crippen LogP contribution >= 0.6 is 35.3 Å². The summed E-state index contributed by atoms with van der Waals surface area (Å²) < 4.78 is 28.4. The van der Waals surface area contributed by atoms with Crippen molar-refractivity contribution in [1.82, 2.24) is 15.2 Å². The molecule has 0 aliphatic heterocycles. The normalized spacial score (nSPS) is 17.3. The molecule has 0 saturated heterocycles. The Morgan fingerprint density at radius 1 is 1.54 bits per heavy atom. The monoisotopic (exact) mass is 516 g/mol. The predicted molar refractivity (Wildman–Crippen MR) is 117 cm³/mol. The summed E-state index contributed by atoms with van der Waals surface area (Å²) in [5.41, 5.74) is 0.832. The molecule has 150 valence electrons. The highest BCUT2D eigenvalue weighted by Crippen LogP contribution is 2.46. The van der Waals surface area contributed by atoms with Gasteiger partial charge in [0.2, 0.25) is 0 Å². The smallest absolute Gasteiger partial charge is 0.193 e. The fraction of sp³-hybridized carbons (Fsp3) is 0.750. The SMILES string of the molecule is CN=C(NCC1(CS(C)(=O)=O)CC1)N(C)Cc1csc(C(C)OC)n1.I. The number of nitrogens with one attached hydrogen (secondary N) is 1. The van der Waals surface area contributed by atoms with E-state index >= 15 is 0 Å². The minimum absolute atomic E-state index is 0. The molecule has 7 nitrogen and oxygen atoms in total. The lowest BCUT2D eigenvalue weighted by molar-refractivity contribution is 0.119. The molecular weight excluding hydrogens is 487 g/mol. The summed E-state index contributed by atoms with van der Waals surface area (Å²) in [5.74, 6) is 0.979. The minimum Gasteiger partial charge on any atom is -0.375 e. The van der Waals surface area contributed by atoms with Gasteiger partial charge in [-0.1, -0.05) is 0 Å². The third-order valence-electron chi connectivity index (χ3n) is 4.39. The van der Waals surface area contributed by atoms with E-state index in [2.05, 4.69) is 15.3 Å². The lowest BCUT2D eigenvalue weighted by Crippen LogP contribution is -2.42. The van der Waals surface area contributed by atoms with Gasteiger partial charge in [-0.25, -0.2) is 13.4 Å². The second kappa shape index (κ2) is 9.65. The molecule has 26 heavy (non-hydrogen) atoms. The molecule has 1 saturated carbocycles. The molecule has 10 heteroatoms. The Labute approximate surface area is 177 Å². The molecular formula is C16H29IN4O3S2. The highest BCUT2D eigenvalue weighted by atomic mass is 127. The summed E-state index contributed by atoms with van der Waals surface area (Å²) in [6, 6.07) is 0. The first-order chi connectivity index (χ1) is 11.7. The largest absolute Gasteiger partial charge is 0.375 e. The maximum absolute atomic E-state index is 11.6. The number of aromatic nitrogens is 1. The fourth-order valence-electron chi connectivity index (χ4n) is 2.76. The van der Waals surface area contributed by atoms with Gasteiger partial charge < -0.3 is 15.0 Å². The molecule has 0 spiro atoms. The van der Waals surface area contributed by atoms with Crippen LogP contribution in [0.2, 0.25) is 0 Å². The summed E-state index contributed by atoms with van der Waals surface area (Å²) >= 11 is 1.59. The van der Waals surface area contributed by atoms with Crippen molar-refractivity contribution in [2.45, 2.75) is 32.4 Å². The molecule has 1 fully saturated rings. The summed E-state index contributed by atoms with van der Waals surface area (Å²) in [4.78, 5) is 10.9. The topological polar surface area (TPSA) is 83.9 Å². The van der Waals surface area contributed by atoms with Crippen LogP contribution in [0.5, 0.6) is 0 Å². The van der Waals surface area contributed by atoms with Gasteiger partial charge in [0.05, 0.1) is 18.0 Å². The zero-order chi connectivity index (χ0) is 18.7. The number of thiazole rings is 1. The quantitative estimate of drug-likeness (QED) is 0.325.